The molecule has 4 rings (SSSR count). The van der Waals surface area contributed by atoms with Crippen LogP contribution < -0.4 is 10.2 Å². The van der Waals surface area contributed by atoms with Crippen molar-refractivity contribution in [1.29, 1.82) is 5.26 Å². The van der Waals surface area contributed by atoms with Gasteiger partial charge in [-0.1, -0.05) is 0 Å². The Morgan fingerprint density at radius 2 is 1.97 bits per heavy atom. The fourth-order valence-corrected chi connectivity index (χ4v) is 4.15. The first-order valence-electron chi connectivity index (χ1n) is 10.5. The molecule has 1 N–H and O–H groups in total. The van der Waals surface area contributed by atoms with Gasteiger partial charge in [0, 0.05) is 36.6 Å². The van der Waals surface area contributed by atoms with E-state index in [9.17, 15) is 20.2 Å². The van der Waals surface area contributed by atoms with Crippen molar-refractivity contribution in [3.8, 4) is 11.8 Å². The zero-order valence-electron chi connectivity index (χ0n) is 17.7. The minimum Gasteiger partial charge on any atom is -0.366 e. The predicted octanol–water partition coefficient (Wildman–Crippen LogP) is 3.79. The van der Waals surface area contributed by atoms with Crippen LogP contribution in [0, 0.1) is 35.3 Å². The molecule has 0 radical (unpaired) electrons. The summed E-state index contributed by atoms with van der Waals surface area (Å²) in [6, 6.07) is 9.35. The molecule has 1 saturated heterocycles. The molecule has 1 aliphatic heterocycles. The summed E-state index contributed by atoms with van der Waals surface area (Å²) in [4.78, 5) is 25.8. The van der Waals surface area contributed by atoms with E-state index >= 15 is 0 Å². The van der Waals surface area contributed by atoms with Crippen molar-refractivity contribution in [2.24, 2.45) is 0 Å². The first-order valence-corrected chi connectivity index (χ1v) is 10.5. The molecule has 31 heavy (non-hydrogen) atoms. The van der Waals surface area contributed by atoms with E-state index in [2.05, 4.69) is 10.2 Å². The van der Waals surface area contributed by atoms with Crippen LogP contribution in [0.2, 0.25) is 0 Å². The summed E-state index contributed by atoms with van der Waals surface area (Å²) in [5.74, 6) is -0.361. The third-order valence-corrected chi connectivity index (χ3v) is 5.91. The van der Waals surface area contributed by atoms with Crippen LogP contribution in [0.3, 0.4) is 0 Å². The number of nitro groups is 1. The van der Waals surface area contributed by atoms with E-state index in [0.717, 1.165) is 55.7 Å². The van der Waals surface area contributed by atoms with Gasteiger partial charge in [-0.3, -0.25) is 14.9 Å². The van der Waals surface area contributed by atoms with Gasteiger partial charge < -0.3 is 14.8 Å². The second-order valence-electron chi connectivity index (χ2n) is 8.20. The van der Waals surface area contributed by atoms with Gasteiger partial charge in [-0.15, -0.1) is 0 Å². The fraction of sp³-hybridized carbons (Fsp3) is 0.391. The summed E-state index contributed by atoms with van der Waals surface area (Å²) < 4.78 is 1.92. The highest BCUT2D eigenvalue weighted by atomic mass is 16.6. The van der Waals surface area contributed by atoms with Crippen LogP contribution in [0.5, 0.6) is 0 Å². The van der Waals surface area contributed by atoms with Crippen LogP contribution in [0.1, 0.15) is 42.6 Å². The number of hydrogen-bond acceptors (Lipinski definition) is 5. The highest BCUT2D eigenvalue weighted by Gasteiger charge is 2.26. The molecule has 8 heteroatoms. The highest BCUT2D eigenvalue weighted by molar-refractivity contribution is 6.02. The van der Waals surface area contributed by atoms with Crippen LogP contribution in [0.15, 0.2) is 29.8 Å². The van der Waals surface area contributed by atoms with E-state index in [1.54, 1.807) is 12.1 Å². The second-order valence-corrected chi connectivity index (χ2v) is 8.20. The molecule has 1 aromatic carbocycles. The average Bonchev–Trinajstić information content (AvgIpc) is 3.29. The summed E-state index contributed by atoms with van der Waals surface area (Å²) in [5.41, 5.74) is 3.90. The molecule has 2 heterocycles. The topological polar surface area (TPSA) is 104 Å². The van der Waals surface area contributed by atoms with Gasteiger partial charge in [0.25, 0.3) is 11.6 Å². The number of carbonyl (C=O) groups is 1. The number of benzene rings is 1. The van der Waals surface area contributed by atoms with E-state index in [-0.39, 0.29) is 28.1 Å². The van der Waals surface area contributed by atoms with Gasteiger partial charge in [-0.05, 0) is 69.4 Å². The first kappa shape index (κ1) is 20.7. The fourth-order valence-electron chi connectivity index (χ4n) is 4.15. The lowest BCUT2D eigenvalue weighted by atomic mass is 10.1. The molecular weight excluding hydrogens is 394 g/mol. The number of nitrogens with one attached hydrogen (secondary N) is 1. The third-order valence-electron chi connectivity index (χ3n) is 5.91. The molecular formula is C23H25N5O3. The number of aryl methyl sites for hydroxylation is 1. The Kier molecular flexibility index (Phi) is 5.51. The number of amides is 1. The molecule has 2 aromatic rings. The smallest absolute Gasteiger partial charge is 0.294 e. The number of aromatic nitrogens is 1. The summed E-state index contributed by atoms with van der Waals surface area (Å²) in [7, 11) is 0. The van der Waals surface area contributed by atoms with Crippen molar-refractivity contribution in [1.82, 2.24) is 9.88 Å². The maximum Gasteiger partial charge on any atom is 0.294 e. The van der Waals surface area contributed by atoms with Crippen molar-refractivity contribution in [2.75, 3.05) is 18.0 Å². The van der Waals surface area contributed by atoms with E-state index in [1.807, 2.05) is 42.7 Å². The van der Waals surface area contributed by atoms with Crippen molar-refractivity contribution >= 4 is 23.4 Å². The Morgan fingerprint density at radius 1 is 1.26 bits per heavy atom. The minimum atomic E-state index is -0.361. The molecule has 0 spiro atoms. The van der Waals surface area contributed by atoms with Gasteiger partial charge >= 0.3 is 0 Å². The number of rotatable bonds is 6. The molecule has 2 fully saturated rings. The summed E-state index contributed by atoms with van der Waals surface area (Å²) >= 11 is 0. The molecule has 1 aliphatic carbocycles. The van der Waals surface area contributed by atoms with Crippen LogP contribution in [0.25, 0.3) is 11.8 Å². The monoisotopic (exact) mass is 419 g/mol. The lowest BCUT2D eigenvalue weighted by molar-refractivity contribution is -0.384. The standard InChI is InChI=1S/C23H25N5O3/c1-15-11-17(12-18(14-24)23(29)25-19-5-6-19)16(2)27(15)20-7-8-21(22(13-20)28(30)31)26-9-3-4-10-26/h7-8,11-13,19H,3-6,9-10H2,1-2H3,(H,25,29)/b18-12+. The number of carbonyl (C=O) groups excluding carboxylic acids is 1. The van der Waals surface area contributed by atoms with Crippen molar-refractivity contribution < 1.29 is 9.72 Å². The summed E-state index contributed by atoms with van der Waals surface area (Å²) in [6.45, 7) is 5.45. The zero-order valence-corrected chi connectivity index (χ0v) is 17.7. The number of anilines is 1. The molecule has 0 bridgehead atoms. The molecule has 8 nitrogen and oxygen atoms in total. The van der Waals surface area contributed by atoms with Gasteiger partial charge in [0.2, 0.25) is 0 Å². The normalized spacial score (nSPS) is 16.3. The lowest BCUT2D eigenvalue weighted by Gasteiger charge is -2.19. The number of hydrogen-bond donors (Lipinski definition) is 1. The van der Waals surface area contributed by atoms with Gasteiger partial charge in [0.05, 0.1) is 10.6 Å². The largest absolute Gasteiger partial charge is 0.366 e. The molecule has 0 unspecified atom stereocenters. The second kappa shape index (κ2) is 8.26. The highest BCUT2D eigenvalue weighted by Crippen LogP contribution is 2.34. The van der Waals surface area contributed by atoms with E-state index in [4.69, 9.17) is 0 Å². The number of nitro benzene ring substituents is 1. The van der Waals surface area contributed by atoms with Gasteiger partial charge in [0.1, 0.15) is 17.3 Å². The molecule has 1 saturated carbocycles. The Balaban J connectivity index is 1.70. The van der Waals surface area contributed by atoms with Crippen molar-refractivity contribution in [2.45, 2.75) is 45.6 Å². The summed E-state index contributed by atoms with van der Waals surface area (Å²) in [6.07, 6.45) is 5.57. The molecule has 0 atom stereocenters. The van der Waals surface area contributed by atoms with Crippen LogP contribution >= 0.6 is 0 Å². The zero-order chi connectivity index (χ0) is 22.1. The molecule has 1 amide bonds. The van der Waals surface area contributed by atoms with E-state index in [1.165, 1.54) is 0 Å². The summed E-state index contributed by atoms with van der Waals surface area (Å²) in [5, 5.41) is 24.0. The maximum atomic E-state index is 12.3. The Morgan fingerprint density at radius 3 is 2.58 bits per heavy atom. The average molecular weight is 419 g/mol. The van der Waals surface area contributed by atoms with Gasteiger partial charge in [0.15, 0.2) is 0 Å². The van der Waals surface area contributed by atoms with Gasteiger partial charge in [-0.2, -0.15) is 5.26 Å². The lowest BCUT2D eigenvalue weighted by Crippen LogP contribution is -2.26. The van der Waals surface area contributed by atoms with Crippen LogP contribution in [0.4, 0.5) is 11.4 Å². The Bertz CT molecular complexity index is 1110. The first-order chi connectivity index (χ1) is 14.9. The SMILES string of the molecule is Cc1cc(/C=C(\C#N)C(=O)NC2CC2)c(C)n1-c1ccc(N2CCCC2)c([N+](=O)[O-])c1. The van der Waals surface area contributed by atoms with Crippen LogP contribution in [-0.2, 0) is 4.79 Å². The number of nitrogens with zero attached hydrogens (tertiary/aromatic N) is 4. The van der Waals surface area contributed by atoms with E-state index in [0.29, 0.717) is 11.4 Å². The number of nitriles is 1. The molecule has 2 aliphatic rings. The minimum absolute atomic E-state index is 0.0579. The third kappa shape index (κ3) is 4.17. The Hall–Kier alpha value is -3.60. The van der Waals surface area contributed by atoms with Crippen molar-refractivity contribution in [3.05, 3.63) is 56.9 Å². The van der Waals surface area contributed by atoms with Crippen molar-refractivity contribution in [3.63, 3.8) is 0 Å². The maximum absolute atomic E-state index is 12.3. The predicted molar refractivity (Wildman–Crippen MR) is 118 cm³/mol. The Labute approximate surface area is 180 Å². The van der Waals surface area contributed by atoms with Crippen LogP contribution in [-0.4, -0.2) is 34.5 Å². The molecule has 1 aromatic heterocycles. The molecule has 160 valence electrons. The van der Waals surface area contributed by atoms with Gasteiger partial charge in [-0.25, -0.2) is 0 Å². The quantitative estimate of drug-likeness (QED) is 0.332. The van der Waals surface area contributed by atoms with E-state index < -0.39 is 0 Å².